The van der Waals surface area contributed by atoms with Crippen LogP contribution < -0.4 is 10.1 Å². The highest BCUT2D eigenvalue weighted by Gasteiger charge is 2.19. The number of carbonyl (C=O) groups is 1. The maximum atomic E-state index is 11.3. The van der Waals surface area contributed by atoms with Crippen molar-refractivity contribution in [3.63, 3.8) is 0 Å². The van der Waals surface area contributed by atoms with Gasteiger partial charge in [-0.1, -0.05) is 33.6 Å². The molecule has 1 atom stereocenters. The minimum Gasteiger partial charge on any atom is -0.482 e. The summed E-state index contributed by atoms with van der Waals surface area (Å²) in [6.45, 7) is 0.0740. The van der Waals surface area contributed by atoms with Crippen LogP contribution in [0.3, 0.4) is 0 Å². The lowest BCUT2D eigenvalue weighted by Crippen LogP contribution is -2.25. The summed E-state index contributed by atoms with van der Waals surface area (Å²) in [5.74, 6) is 0.571. The van der Waals surface area contributed by atoms with Gasteiger partial charge in [-0.15, -0.1) is 11.3 Å². The zero-order chi connectivity index (χ0) is 13.4. The fourth-order valence-corrected chi connectivity index (χ4v) is 3.67. The third-order valence-electron chi connectivity index (χ3n) is 2.77. The van der Waals surface area contributed by atoms with E-state index in [4.69, 9.17) is 16.3 Å². The van der Waals surface area contributed by atoms with Gasteiger partial charge < -0.3 is 10.1 Å². The van der Waals surface area contributed by atoms with Crippen LogP contribution in [0.5, 0.6) is 5.75 Å². The molecule has 0 fully saturated rings. The molecule has 0 saturated heterocycles. The Balaban J connectivity index is 1.93. The summed E-state index contributed by atoms with van der Waals surface area (Å²) in [5, 5.41) is 2.80. The topological polar surface area (TPSA) is 38.3 Å². The first-order valence-electron chi connectivity index (χ1n) is 5.59. The first-order valence-corrected chi connectivity index (χ1v) is 7.70. The first kappa shape index (κ1) is 13.0. The summed E-state index contributed by atoms with van der Waals surface area (Å²) in [6, 6.07) is 9.62. The minimum absolute atomic E-state index is 0.0501. The van der Waals surface area contributed by atoms with E-state index in [0.29, 0.717) is 11.4 Å². The summed E-state index contributed by atoms with van der Waals surface area (Å²) < 4.78 is 6.09. The molecule has 6 heteroatoms. The van der Waals surface area contributed by atoms with Gasteiger partial charge in [0.25, 0.3) is 5.91 Å². The molecule has 19 heavy (non-hydrogen) atoms. The van der Waals surface area contributed by atoms with Gasteiger partial charge in [-0.3, -0.25) is 4.79 Å². The predicted octanol–water partition coefficient (Wildman–Crippen LogP) is 4.22. The number of ether oxygens (including phenoxy) is 1. The number of amides is 1. The van der Waals surface area contributed by atoms with E-state index in [1.54, 1.807) is 0 Å². The molecule has 0 saturated carbocycles. The first-order chi connectivity index (χ1) is 9.13. The molecule has 0 spiro atoms. The van der Waals surface area contributed by atoms with Crippen LogP contribution in [0.25, 0.3) is 0 Å². The van der Waals surface area contributed by atoms with E-state index in [1.165, 1.54) is 11.3 Å². The molecular weight excluding hydrogens is 350 g/mol. The highest BCUT2D eigenvalue weighted by atomic mass is 79.9. The van der Waals surface area contributed by atoms with Gasteiger partial charge in [-0.2, -0.15) is 0 Å². The van der Waals surface area contributed by atoms with Crippen LogP contribution in [0.1, 0.15) is 15.3 Å². The quantitative estimate of drug-likeness (QED) is 0.816. The number of fused-ring (bicyclic) bond motifs is 1. The van der Waals surface area contributed by atoms with Gasteiger partial charge in [0.2, 0.25) is 0 Å². The molecule has 1 aromatic heterocycles. The summed E-state index contributed by atoms with van der Waals surface area (Å²) in [5.41, 5.74) is 1.75. The van der Waals surface area contributed by atoms with E-state index in [0.717, 1.165) is 14.8 Å². The Labute approximate surface area is 127 Å². The second-order valence-electron chi connectivity index (χ2n) is 4.10. The van der Waals surface area contributed by atoms with Gasteiger partial charge in [-0.25, -0.2) is 0 Å². The second kappa shape index (κ2) is 5.15. The molecule has 2 aromatic rings. The Morgan fingerprint density at radius 2 is 2.21 bits per heavy atom. The second-order valence-corrected chi connectivity index (χ2v) is 6.76. The molecular formula is C13H9BrClNO2S. The van der Waals surface area contributed by atoms with E-state index < -0.39 is 0 Å². The van der Waals surface area contributed by atoms with Gasteiger partial charge in [0.15, 0.2) is 6.61 Å². The minimum atomic E-state index is -0.130. The van der Waals surface area contributed by atoms with Gasteiger partial charge >= 0.3 is 0 Å². The number of alkyl halides is 1. The van der Waals surface area contributed by atoms with Crippen molar-refractivity contribution in [1.29, 1.82) is 0 Å². The van der Waals surface area contributed by atoms with Crippen LogP contribution in [-0.2, 0) is 4.79 Å². The van der Waals surface area contributed by atoms with E-state index in [9.17, 15) is 4.79 Å². The van der Waals surface area contributed by atoms with Crippen LogP contribution in [0, 0.1) is 0 Å². The van der Waals surface area contributed by atoms with Crippen molar-refractivity contribution in [2.75, 3.05) is 11.9 Å². The normalized spacial score (nSPS) is 15.4. The van der Waals surface area contributed by atoms with Crippen molar-refractivity contribution >= 4 is 50.5 Å². The fraction of sp³-hybridized carbons (Fsp3) is 0.154. The number of nitrogens with one attached hydrogen (secondary N) is 1. The van der Waals surface area contributed by atoms with Crippen molar-refractivity contribution in [3.05, 3.63) is 45.1 Å². The molecule has 1 amide bonds. The Bertz CT molecular complexity index is 643. The van der Waals surface area contributed by atoms with Crippen LogP contribution in [0.2, 0.25) is 4.34 Å². The van der Waals surface area contributed by atoms with Crippen LogP contribution >= 0.6 is 38.9 Å². The molecule has 0 radical (unpaired) electrons. The summed E-state index contributed by atoms with van der Waals surface area (Å²) >= 11 is 11.1. The number of carbonyl (C=O) groups excluding carboxylic acids is 1. The van der Waals surface area contributed by atoms with Crippen molar-refractivity contribution in [1.82, 2.24) is 0 Å². The maximum absolute atomic E-state index is 11.3. The van der Waals surface area contributed by atoms with E-state index in [2.05, 4.69) is 21.2 Å². The van der Waals surface area contributed by atoms with Crippen LogP contribution in [0.4, 0.5) is 5.69 Å². The Morgan fingerprint density at radius 1 is 1.37 bits per heavy atom. The summed E-state index contributed by atoms with van der Waals surface area (Å²) in [6.07, 6.45) is 0. The monoisotopic (exact) mass is 357 g/mol. The molecule has 1 aliphatic heterocycles. The number of rotatable bonds is 2. The summed E-state index contributed by atoms with van der Waals surface area (Å²) in [4.78, 5) is 12.5. The molecule has 0 aliphatic carbocycles. The van der Waals surface area contributed by atoms with Crippen molar-refractivity contribution in [3.8, 4) is 5.75 Å². The lowest BCUT2D eigenvalue weighted by atomic mass is 10.1. The molecule has 3 rings (SSSR count). The standard InChI is InChI=1S/C13H9BrClNO2S/c14-13(10-3-4-11(15)19-10)7-1-2-9-8(5-7)16-12(17)6-18-9/h1-5,13H,6H2,(H,16,17). The highest BCUT2D eigenvalue weighted by Crippen LogP contribution is 2.39. The highest BCUT2D eigenvalue weighted by molar-refractivity contribution is 9.09. The fourth-order valence-electron chi connectivity index (χ4n) is 1.89. The van der Waals surface area contributed by atoms with Gasteiger partial charge in [0.1, 0.15) is 5.75 Å². The Morgan fingerprint density at radius 3 is 2.95 bits per heavy atom. The molecule has 1 aliphatic rings. The number of thiophene rings is 1. The summed E-state index contributed by atoms with van der Waals surface area (Å²) in [7, 11) is 0. The zero-order valence-electron chi connectivity index (χ0n) is 9.65. The molecule has 3 nitrogen and oxygen atoms in total. The number of anilines is 1. The predicted molar refractivity (Wildman–Crippen MR) is 80.7 cm³/mol. The molecule has 1 N–H and O–H groups in total. The molecule has 0 bridgehead atoms. The lowest BCUT2D eigenvalue weighted by Gasteiger charge is -2.19. The van der Waals surface area contributed by atoms with E-state index in [-0.39, 0.29) is 17.3 Å². The van der Waals surface area contributed by atoms with Crippen molar-refractivity contribution < 1.29 is 9.53 Å². The SMILES string of the molecule is O=C1COc2ccc(C(Br)c3ccc(Cl)s3)cc2N1. The molecule has 98 valence electrons. The van der Waals surface area contributed by atoms with E-state index in [1.807, 2.05) is 30.3 Å². The number of hydrogen-bond acceptors (Lipinski definition) is 3. The number of hydrogen-bond donors (Lipinski definition) is 1. The van der Waals surface area contributed by atoms with Gasteiger partial charge in [-0.05, 0) is 29.8 Å². The molecule has 1 unspecified atom stereocenters. The van der Waals surface area contributed by atoms with Crippen molar-refractivity contribution in [2.24, 2.45) is 0 Å². The van der Waals surface area contributed by atoms with Gasteiger partial charge in [0, 0.05) is 4.88 Å². The third kappa shape index (κ3) is 2.63. The van der Waals surface area contributed by atoms with Crippen LogP contribution in [0.15, 0.2) is 30.3 Å². The third-order valence-corrected chi connectivity index (χ3v) is 5.39. The Hall–Kier alpha value is -1.04. The average Bonchev–Trinajstić information content (AvgIpc) is 2.83. The van der Waals surface area contributed by atoms with Gasteiger partial charge in [0.05, 0.1) is 14.9 Å². The maximum Gasteiger partial charge on any atom is 0.262 e. The number of benzene rings is 1. The lowest BCUT2D eigenvalue weighted by molar-refractivity contribution is -0.118. The number of halogens is 2. The van der Waals surface area contributed by atoms with E-state index >= 15 is 0 Å². The largest absolute Gasteiger partial charge is 0.482 e. The average molecular weight is 359 g/mol. The smallest absolute Gasteiger partial charge is 0.262 e. The van der Waals surface area contributed by atoms with Crippen LogP contribution in [-0.4, -0.2) is 12.5 Å². The molecule has 1 aromatic carbocycles. The Kier molecular flexibility index (Phi) is 3.52. The van der Waals surface area contributed by atoms with Crippen molar-refractivity contribution in [2.45, 2.75) is 4.83 Å². The molecule has 2 heterocycles. The zero-order valence-corrected chi connectivity index (χ0v) is 12.8.